The lowest BCUT2D eigenvalue weighted by Crippen LogP contribution is -2.65. The summed E-state index contributed by atoms with van der Waals surface area (Å²) in [5, 5.41) is 7.25. The molecule has 0 fully saturated rings. The second kappa shape index (κ2) is 10.4. The molecule has 266 valence electrons. The molecule has 3 aromatic heterocycles. The molecule has 0 atom stereocenters. The van der Waals surface area contributed by atoms with Crippen molar-refractivity contribution in [3.05, 3.63) is 120 Å². The lowest BCUT2D eigenvalue weighted by Gasteiger charge is -2.37. The molecule has 0 aliphatic carbocycles. The van der Waals surface area contributed by atoms with Gasteiger partial charge in [-0.25, -0.2) is 4.98 Å². The molecule has 0 saturated carbocycles. The minimum atomic E-state index is -0.0245. The van der Waals surface area contributed by atoms with E-state index in [1.165, 1.54) is 97.8 Å². The average Bonchev–Trinajstić information content (AvgIpc) is 3.71. The SMILES string of the molecule is CC(C)(C)c1cc2c3c(c1)-n1c4ccccc4c4cccc(c41)B3c1nc3c(nc1S2)Sc1cc(C(C)(C)C)cc2c1B3c1cccc3c4ccccc4n-2c13. The van der Waals surface area contributed by atoms with Crippen LogP contribution in [0.3, 0.4) is 0 Å². The van der Waals surface area contributed by atoms with Crippen molar-refractivity contribution in [2.45, 2.75) is 72.2 Å². The second-order valence-corrected chi connectivity index (χ2v) is 20.2. The molecule has 13 rings (SSSR count). The number of benzene rings is 6. The number of para-hydroxylation sites is 4. The zero-order valence-electron chi connectivity index (χ0n) is 32.2. The van der Waals surface area contributed by atoms with Crippen LogP contribution < -0.4 is 33.0 Å². The standard InChI is InChI=1S/C48H36B2N4S2/c1-47(2,3)25-21-35-39-37(23-25)55-45-43(49(39)31-17-11-15-29-27-13-7-9-19-33(27)53(35)41(29)31)51-44-46(52-45)56-38-24-26(48(4,5)6)22-36-40(38)50(44)32-18-12-16-30-28-14-8-10-20-34(28)54(36)42(30)32/h7-24H,1-6H3. The average molecular weight is 755 g/mol. The van der Waals surface area contributed by atoms with E-state index in [4.69, 9.17) is 9.97 Å². The molecule has 4 nitrogen and oxygen atoms in total. The minimum absolute atomic E-state index is 0.0189. The van der Waals surface area contributed by atoms with Gasteiger partial charge < -0.3 is 9.13 Å². The van der Waals surface area contributed by atoms with Crippen LogP contribution in [-0.4, -0.2) is 32.5 Å². The first-order chi connectivity index (χ1) is 27.0. The summed E-state index contributed by atoms with van der Waals surface area (Å²) >= 11 is 3.64. The van der Waals surface area contributed by atoms with E-state index in [2.05, 4.69) is 160 Å². The summed E-state index contributed by atoms with van der Waals surface area (Å²) in [5.41, 5.74) is 17.8. The van der Waals surface area contributed by atoms with Gasteiger partial charge in [0.2, 0.25) is 0 Å². The molecule has 0 bridgehead atoms. The van der Waals surface area contributed by atoms with Gasteiger partial charge in [-0.15, -0.1) is 0 Å². The lowest BCUT2D eigenvalue weighted by atomic mass is 9.35. The van der Waals surface area contributed by atoms with E-state index >= 15 is 0 Å². The molecular weight excluding hydrogens is 718 g/mol. The van der Waals surface area contributed by atoms with Crippen molar-refractivity contribution in [1.82, 2.24) is 19.1 Å². The largest absolute Gasteiger partial charge is 0.310 e. The van der Waals surface area contributed by atoms with Crippen molar-refractivity contribution < 1.29 is 0 Å². The molecule has 0 spiro atoms. The highest BCUT2D eigenvalue weighted by atomic mass is 32.2. The Kier molecular flexibility index (Phi) is 5.94. The van der Waals surface area contributed by atoms with E-state index in [1.54, 1.807) is 0 Å². The van der Waals surface area contributed by atoms with Crippen molar-refractivity contribution in [2.75, 3.05) is 0 Å². The number of hydrogen-bond donors (Lipinski definition) is 0. The number of rotatable bonds is 0. The van der Waals surface area contributed by atoms with Gasteiger partial charge in [0, 0.05) is 64.9 Å². The quantitative estimate of drug-likeness (QED) is 0.148. The predicted octanol–water partition coefficient (Wildman–Crippen LogP) is 7.85. The van der Waals surface area contributed by atoms with Gasteiger partial charge in [-0.1, -0.05) is 138 Å². The molecule has 7 heterocycles. The summed E-state index contributed by atoms with van der Waals surface area (Å²) in [6, 6.07) is 41.5. The van der Waals surface area contributed by atoms with Crippen LogP contribution in [-0.2, 0) is 10.8 Å². The summed E-state index contributed by atoms with van der Waals surface area (Å²) in [7, 11) is 0. The molecule has 0 saturated heterocycles. The highest BCUT2D eigenvalue weighted by Gasteiger charge is 2.46. The maximum absolute atomic E-state index is 5.95. The molecule has 56 heavy (non-hydrogen) atoms. The van der Waals surface area contributed by atoms with Crippen LogP contribution in [0.5, 0.6) is 0 Å². The zero-order valence-corrected chi connectivity index (χ0v) is 33.8. The number of hydrogen-bond acceptors (Lipinski definition) is 4. The zero-order chi connectivity index (χ0) is 37.6. The Balaban J connectivity index is 1.13. The number of nitrogens with zero attached hydrogens (tertiary/aromatic N) is 4. The van der Waals surface area contributed by atoms with Crippen molar-refractivity contribution >= 4 is 114 Å². The first-order valence-corrected chi connectivity index (χ1v) is 21.4. The van der Waals surface area contributed by atoms with Crippen LogP contribution in [0.2, 0.25) is 0 Å². The van der Waals surface area contributed by atoms with Crippen LogP contribution >= 0.6 is 23.5 Å². The fourth-order valence-electron chi connectivity index (χ4n) is 10.3. The molecule has 8 heteroatoms. The Morgan fingerprint density at radius 3 is 1.36 bits per heavy atom. The van der Waals surface area contributed by atoms with Crippen LogP contribution in [0.1, 0.15) is 52.7 Å². The fourth-order valence-corrected chi connectivity index (χ4v) is 12.6. The van der Waals surface area contributed by atoms with E-state index < -0.39 is 0 Å². The van der Waals surface area contributed by atoms with Crippen molar-refractivity contribution in [2.24, 2.45) is 0 Å². The smallest absolute Gasteiger partial charge is 0.274 e. The van der Waals surface area contributed by atoms with E-state index in [-0.39, 0.29) is 24.3 Å². The van der Waals surface area contributed by atoms with Gasteiger partial charge in [-0.3, -0.25) is 4.98 Å². The van der Waals surface area contributed by atoms with Gasteiger partial charge in [-0.2, -0.15) is 0 Å². The second-order valence-electron chi connectivity index (χ2n) is 18.2. The van der Waals surface area contributed by atoms with Crippen LogP contribution in [0, 0.1) is 0 Å². The summed E-state index contributed by atoms with van der Waals surface area (Å²) in [6.07, 6.45) is 0. The number of fused-ring (bicyclic) bond motifs is 14. The Hall–Kier alpha value is -5.17. The van der Waals surface area contributed by atoms with Gasteiger partial charge in [-0.05, 0) is 80.2 Å². The first kappa shape index (κ1) is 32.0. The monoisotopic (exact) mass is 754 g/mol. The topological polar surface area (TPSA) is 35.6 Å². The number of aromatic nitrogens is 4. The van der Waals surface area contributed by atoms with Gasteiger partial charge in [0.1, 0.15) is 10.1 Å². The van der Waals surface area contributed by atoms with Crippen molar-refractivity contribution in [3.63, 3.8) is 0 Å². The van der Waals surface area contributed by atoms with Gasteiger partial charge in [0.05, 0.1) is 11.0 Å². The molecule has 4 aliphatic rings. The van der Waals surface area contributed by atoms with Gasteiger partial charge >= 0.3 is 0 Å². The van der Waals surface area contributed by atoms with Gasteiger partial charge in [0.25, 0.3) is 13.4 Å². The molecule has 0 radical (unpaired) electrons. The summed E-state index contributed by atoms with van der Waals surface area (Å²) in [5.74, 6) is 0. The summed E-state index contributed by atoms with van der Waals surface area (Å²) in [6.45, 7) is 13.9. The third-order valence-electron chi connectivity index (χ3n) is 12.9. The summed E-state index contributed by atoms with van der Waals surface area (Å²) < 4.78 is 5.10. The highest BCUT2D eigenvalue weighted by molar-refractivity contribution is 8.00. The molecular formula is C48H36B2N4S2. The van der Waals surface area contributed by atoms with Crippen molar-refractivity contribution in [3.8, 4) is 11.4 Å². The Morgan fingerprint density at radius 2 is 0.911 bits per heavy atom. The van der Waals surface area contributed by atoms with E-state index in [1.807, 2.05) is 23.5 Å². The molecule has 6 aromatic carbocycles. The Morgan fingerprint density at radius 1 is 0.482 bits per heavy atom. The van der Waals surface area contributed by atoms with Crippen molar-refractivity contribution in [1.29, 1.82) is 0 Å². The van der Waals surface area contributed by atoms with E-state index in [9.17, 15) is 0 Å². The molecule has 0 unspecified atom stereocenters. The molecule has 9 aromatic rings. The van der Waals surface area contributed by atoms with E-state index in [0.717, 1.165) is 21.2 Å². The normalized spacial score (nSPS) is 14.8. The highest BCUT2D eigenvalue weighted by Crippen LogP contribution is 2.43. The maximum Gasteiger partial charge on any atom is 0.274 e. The third-order valence-corrected chi connectivity index (χ3v) is 15.1. The van der Waals surface area contributed by atoms with Crippen LogP contribution in [0.4, 0.5) is 0 Å². The Bertz CT molecular complexity index is 3090. The maximum atomic E-state index is 5.95. The lowest BCUT2D eigenvalue weighted by molar-refractivity contribution is 0.588. The predicted molar refractivity (Wildman–Crippen MR) is 239 cm³/mol. The molecule has 0 amide bonds. The summed E-state index contributed by atoms with van der Waals surface area (Å²) in [4.78, 5) is 14.3. The minimum Gasteiger partial charge on any atom is -0.310 e. The third kappa shape index (κ3) is 3.92. The van der Waals surface area contributed by atoms with Crippen LogP contribution in [0.15, 0.2) is 129 Å². The van der Waals surface area contributed by atoms with E-state index in [0.29, 0.717) is 0 Å². The fraction of sp³-hybridized carbons (Fsp3) is 0.167. The van der Waals surface area contributed by atoms with Gasteiger partial charge in [0.15, 0.2) is 0 Å². The molecule has 4 aliphatic heterocycles. The Labute approximate surface area is 334 Å². The first-order valence-electron chi connectivity index (χ1n) is 19.7. The van der Waals surface area contributed by atoms with Crippen LogP contribution in [0.25, 0.3) is 55.0 Å². The molecule has 0 N–H and O–H groups in total.